The number of nitrogens with one attached hydrogen (secondary N) is 1. The van der Waals surface area contributed by atoms with Crippen LogP contribution in [0, 0.1) is 0 Å². The van der Waals surface area contributed by atoms with Crippen LogP contribution in [-0.4, -0.2) is 33.7 Å². The summed E-state index contributed by atoms with van der Waals surface area (Å²) >= 11 is 0. The summed E-state index contributed by atoms with van der Waals surface area (Å²) in [5, 5.41) is 2.67. The maximum Gasteiger partial charge on any atom is 0.286 e. The molecule has 0 aliphatic heterocycles. The normalized spacial score (nSPS) is 11.1. The highest BCUT2D eigenvalue weighted by molar-refractivity contribution is 7.91. The van der Waals surface area contributed by atoms with E-state index in [2.05, 4.69) is 5.32 Å². The van der Waals surface area contributed by atoms with E-state index >= 15 is 0 Å². The van der Waals surface area contributed by atoms with Crippen molar-refractivity contribution in [3.63, 3.8) is 0 Å². The van der Waals surface area contributed by atoms with Crippen LogP contribution in [0.5, 0.6) is 11.5 Å². The summed E-state index contributed by atoms with van der Waals surface area (Å²) in [5.74, 6) is 1.34. The van der Waals surface area contributed by atoms with Crippen molar-refractivity contribution in [2.45, 2.75) is 17.9 Å². The first kappa shape index (κ1) is 21.4. The van der Waals surface area contributed by atoms with Gasteiger partial charge in [0.1, 0.15) is 12.4 Å². The molecule has 0 spiro atoms. The van der Waals surface area contributed by atoms with Crippen LogP contribution in [0.1, 0.15) is 22.7 Å². The number of methoxy groups -OCH3 is 1. The molecule has 2 aromatic carbocycles. The molecule has 3 aromatic rings. The molecule has 1 aromatic heterocycles. The van der Waals surface area contributed by atoms with Crippen LogP contribution in [0.4, 0.5) is 0 Å². The number of sulfone groups is 1. The Labute approximate surface area is 175 Å². The first-order valence-electron chi connectivity index (χ1n) is 9.40. The Morgan fingerprint density at radius 3 is 2.40 bits per heavy atom. The van der Waals surface area contributed by atoms with Gasteiger partial charge in [-0.2, -0.15) is 0 Å². The summed E-state index contributed by atoms with van der Waals surface area (Å²) in [6.45, 7) is 0.363. The highest BCUT2D eigenvalue weighted by atomic mass is 32.2. The second-order valence-electron chi connectivity index (χ2n) is 6.45. The number of carbonyl (C=O) groups excluding carboxylic acids is 1. The first-order chi connectivity index (χ1) is 14.5. The molecular formula is C22H23NO6S. The van der Waals surface area contributed by atoms with E-state index in [-0.39, 0.29) is 29.6 Å². The van der Waals surface area contributed by atoms with Gasteiger partial charge in [0.25, 0.3) is 5.91 Å². The molecule has 30 heavy (non-hydrogen) atoms. The molecule has 0 unspecified atom stereocenters. The lowest BCUT2D eigenvalue weighted by Crippen LogP contribution is -2.25. The van der Waals surface area contributed by atoms with Gasteiger partial charge in [-0.15, -0.1) is 0 Å². The number of benzene rings is 2. The number of amides is 1. The summed E-state index contributed by atoms with van der Waals surface area (Å²) < 4.78 is 40.9. The lowest BCUT2D eigenvalue weighted by atomic mass is 10.3. The topological polar surface area (TPSA) is 94.8 Å². The van der Waals surface area contributed by atoms with Gasteiger partial charge in [0.2, 0.25) is 0 Å². The third-order valence-electron chi connectivity index (χ3n) is 4.30. The van der Waals surface area contributed by atoms with Crippen LogP contribution in [0.25, 0.3) is 0 Å². The van der Waals surface area contributed by atoms with Crippen LogP contribution in [0.2, 0.25) is 0 Å². The Kier molecular flexibility index (Phi) is 7.13. The summed E-state index contributed by atoms with van der Waals surface area (Å²) in [6, 6.07) is 18.7. The number of para-hydroxylation sites is 2. The lowest BCUT2D eigenvalue weighted by molar-refractivity contribution is 0.0921. The van der Waals surface area contributed by atoms with Crippen molar-refractivity contribution in [1.29, 1.82) is 0 Å². The smallest absolute Gasteiger partial charge is 0.286 e. The van der Waals surface area contributed by atoms with Crippen LogP contribution in [0.3, 0.4) is 0 Å². The number of rotatable bonds is 10. The van der Waals surface area contributed by atoms with Crippen molar-refractivity contribution in [1.82, 2.24) is 5.32 Å². The molecule has 0 bridgehead atoms. The Hall–Kier alpha value is -3.26. The molecule has 8 heteroatoms. The Morgan fingerprint density at radius 1 is 0.967 bits per heavy atom. The van der Waals surface area contributed by atoms with E-state index in [1.165, 1.54) is 0 Å². The zero-order valence-corrected chi connectivity index (χ0v) is 17.4. The van der Waals surface area contributed by atoms with E-state index in [0.717, 1.165) is 0 Å². The van der Waals surface area contributed by atoms with Gasteiger partial charge < -0.3 is 19.2 Å². The minimum atomic E-state index is -3.36. The number of carbonyl (C=O) groups is 1. The quantitative estimate of drug-likeness (QED) is 0.496. The van der Waals surface area contributed by atoms with E-state index in [1.807, 2.05) is 12.1 Å². The standard InChI is InChI=1S/C22H23NO6S/c1-27-19-10-5-6-11-20(19)28-16-17-12-13-21(29-17)22(24)23-14-7-15-30(25,26)18-8-3-2-4-9-18/h2-6,8-13H,7,14-16H2,1H3,(H,23,24). The highest BCUT2D eigenvalue weighted by Gasteiger charge is 2.15. The van der Waals surface area contributed by atoms with Crippen molar-refractivity contribution >= 4 is 15.7 Å². The number of ether oxygens (including phenoxy) is 2. The van der Waals surface area contributed by atoms with Gasteiger partial charge in [-0.25, -0.2) is 8.42 Å². The van der Waals surface area contributed by atoms with Gasteiger partial charge in [0, 0.05) is 6.54 Å². The molecule has 0 aliphatic rings. The number of hydrogen-bond donors (Lipinski definition) is 1. The molecule has 1 N–H and O–H groups in total. The van der Waals surface area contributed by atoms with Gasteiger partial charge in [0.05, 0.1) is 17.8 Å². The van der Waals surface area contributed by atoms with Gasteiger partial charge in [-0.05, 0) is 42.8 Å². The predicted molar refractivity (Wildman–Crippen MR) is 111 cm³/mol. The van der Waals surface area contributed by atoms with Crippen LogP contribution < -0.4 is 14.8 Å². The summed E-state index contributed by atoms with van der Waals surface area (Å²) in [7, 11) is -1.80. The average Bonchev–Trinajstić information content (AvgIpc) is 3.25. The molecular weight excluding hydrogens is 406 g/mol. The fourth-order valence-electron chi connectivity index (χ4n) is 2.76. The largest absolute Gasteiger partial charge is 0.493 e. The molecule has 0 radical (unpaired) electrons. The molecule has 1 heterocycles. The van der Waals surface area contributed by atoms with Crippen LogP contribution >= 0.6 is 0 Å². The van der Waals surface area contributed by atoms with E-state index in [9.17, 15) is 13.2 Å². The molecule has 1 amide bonds. The fourth-order valence-corrected chi connectivity index (χ4v) is 4.09. The summed E-state index contributed by atoms with van der Waals surface area (Å²) in [6.07, 6.45) is 0.299. The molecule has 158 valence electrons. The molecule has 0 aliphatic carbocycles. The van der Waals surface area contributed by atoms with Crippen molar-refractivity contribution < 1.29 is 27.1 Å². The SMILES string of the molecule is COc1ccccc1OCc1ccc(C(=O)NCCCS(=O)(=O)c2ccccc2)o1. The minimum absolute atomic E-state index is 0.0482. The molecule has 3 rings (SSSR count). The fraction of sp³-hybridized carbons (Fsp3) is 0.227. The monoisotopic (exact) mass is 429 g/mol. The van der Waals surface area contributed by atoms with Gasteiger partial charge >= 0.3 is 0 Å². The average molecular weight is 429 g/mol. The molecule has 7 nitrogen and oxygen atoms in total. The number of hydrogen-bond acceptors (Lipinski definition) is 6. The molecule has 0 atom stereocenters. The molecule has 0 saturated carbocycles. The van der Waals surface area contributed by atoms with E-state index < -0.39 is 15.7 Å². The summed E-state index contributed by atoms with van der Waals surface area (Å²) in [4.78, 5) is 12.5. The van der Waals surface area contributed by atoms with E-state index in [4.69, 9.17) is 13.9 Å². The maximum absolute atomic E-state index is 12.2. The van der Waals surface area contributed by atoms with Crippen molar-refractivity contribution in [2.75, 3.05) is 19.4 Å². The highest BCUT2D eigenvalue weighted by Crippen LogP contribution is 2.26. The number of furan rings is 1. The maximum atomic E-state index is 12.2. The van der Waals surface area contributed by atoms with E-state index in [1.54, 1.807) is 61.7 Å². The second kappa shape index (κ2) is 9.98. The van der Waals surface area contributed by atoms with Crippen LogP contribution in [0.15, 0.2) is 76.0 Å². The third-order valence-corrected chi connectivity index (χ3v) is 6.12. The van der Waals surface area contributed by atoms with Crippen molar-refractivity contribution in [2.24, 2.45) is 0 Å². The molecule has 0 saturated heterocycles. The summed E-state index contributed by atoms with van der Waals surface area (Å²) in [5.41, 5.74) is 0. The Balaban J connectivity index is 1.46. The third kappa shape index (κ3) is 5.64. The van der Waals surface area contributed by atoms with Gasteiger partial charge in [-0.3, -0.25) is 4.79 Å². The second-order valence-corrected chi connectivity index (χ2v) is 8.56. The first-order valence-corrected chi connectivity index (χ1v) is 11.1. The minimum Gasteiger partial charge on any atom is -0.493 e. The zero-order chi connectivity index (χ0) is 21.4. The molecule has 0 fully saturated rings. The Morgan fingerprint density at radius 2 is 1.67 bits per heavy atom. The van der Waals surface area contributed by atoms with Gasteiger partial charge in [0.15, 0.2) is 27.1 Å². The predicted octanol–water partition coefficient (Wildman–Crippen LogP) is 3.46. The van der Waals surface area contributed by atoms with E-state index in [0.29, 0.717) is 23.7 Å². The van der Waals surface area contributed by atoms with Crippen molar-refractivity contribution in [3.8, 4) is 11.5 Å². The Bertz CT molecular complexity index is 1080. The lowest BCUT2D eigenvalue weighted by Gasteiger charge is -2.08. The van der Waals surface area contributed by atoms with Crippen LogP contribution in [-0.2, 0) is 16.4 Å². The zero-order valence-electron chi connectivity index (χ0n) is 16.5. The van der Waals surface area contributed by atoms with Crippen molar-refractivity contribution in [3.05, 3.63) is 78.3 Å². The van der Waals surface area contributed by atoms with Gasteiger partial charge in [-0.1, -0.05) is 30.3 Å².